The average Bonchev–Trinajstić information content (AvgIpc) is 2.76. The molecule has 98 valence electrons. The van der Waals surface area contributed by atoms with Crippen molar-refractivity contribution in [2.45, 2.75) is 12.3 Å². The fourth-order valence-electron chi connectivity index (χ4n) is 2.07. The fourth-order valence-corrected chi connectivity index (χ4v) is 2.07. The summed E-state index contributed by atoms with van der Waals surface area (Å²) >= 11 is 0. The van der Waals surface area contributed by atoms with E-state index in [9.17, 15) is 4.79 Å². The van der Waals surface area contributed by atoms with Crippen LogP contribution in [0.4, 0.5) is 4.79 Å². The normalized spacial score (nSPS) is 15.3. The summed E-state index contributed by atoms with van der Waals surface area (Å²) in [5.41, 5.74) is 1.12. The van der Waals surface area contributed by atoms with Gasteiger partial charge in [0.15, 0.2) is 5.82 Å². The number of rotatable bonds is 3. The van der Waals surface area contributed by atoms with Crippen LogP contribution in [0.5, 0.6) is 0 Å². The van der Waals surface area contributed by atoms with Gasteiger partial charge in [-0.1, -0.05) is 35.5 Å². The molecule has 0 bridgehead atoms. The standard InChI is InChI=1S/C13H13N3O3/c17-13(18)16-7-10(8-16)12-14-11(15-19-12)6-9-4-2-1-3-5-9/h1-5,10H,6-8H2,(H,17,18). The molecule has 0 aliphatic carbocycles. The molecule has 3 rings (SSSR count). The van der Waals surface area contributed by atoms with Crippen LogP contribution in [0.2, 0.25) is 0 Å². The average molecular weight is 259 g/mol. The molecule has 2 aromatic rings. The summed E-state index contributed by atoms with van der Waals surface area (Å²) < 4.78 is 5.19. The van der Waals surface area contributed by atoms with Crippen LogP contribution >= 0.6 is 0 Å². The van der Waals surface area contributed by atoms with Gasteiger partial charge in [-0.15, -0.1) is 0 Å². The highest BCUT2D eigenvalue weighted by Crippen LogP contribution is 2.25. The summed E-state index contributed by atoms with van der Waals surface area (Å²) in [5, 5.41) is 12.7. The Morgan fingerprint density at radius 2 is 2.11 bits per heavy atom. The molecule has 1 fully saturated rings. The second kappa shape index (κ2) is 4.72. The van der Waals surface area contributed by atoms with Crippen LogP contribution in [-0.4, -0.2) is 39.3 Å². The van der Waals surface area contributed by atoms with Crippen LogP contribution in [0.3, 0.4) is 0 Å². The van der Waals surface area contributed by atoms with Gasteiger partial charge in [0, 0.05) is 19.5 Å². The molecule has 0 unspecified atom stereocenters. The van der Waals surface area contributed by atoms with Gasteiger partial charge in [-0.05, 0) is 5.56 Å². The molecule has 1 N–H and O–H groups in total. The maximum Gasteiger partial charge on any atom is 0.407 e. The molecule has 1 aliphatic rings. The highest BCUT2D eigenvalue weighted by molar-refractivity contribution is 5.66. The Bertz CT molecular complexity index is 576. The first-order valence-corrected chi connectivity index (χ1v) is 6.06. The predicted octanol–water partition coefficient (Wildman–Crippen LogP) is 1.74. The highest BCUT2D eigenvalue weighted by atomic mass is 16.5. The Morgan fingerprint density at radius 3 is 2.79 bits per heavy atom. The SMILES string of the molecule is O=C(O)N1CC(c2nc(Cc3ccccc3)no2)C1. The number of amides is 1. The summed E-state index contributed by atoms with van der Waals surface area (Å²) in [5.74, 6) is 1.20. The minimum absolute atomic E-state index is 0.0353. The summed E-state index contributed by atoms with van der Waals surface area (Å²) in [6.45, 7) is 0.866. The number of carboxylic acid groups (broad SMARTS) is 1. The van der Waals surface area contributed by atoms with Crippen molar-refractivity contribution in [3.05, 3.63) is 47.6 Å². The third-order valence-electron chi connectivity index (χ3n) is 3.19. The van der Waals surface area contributed by atoms with Gasteiger partial charge in [0.05, 0.1) is 5.92 Å². The van der Waals surface area contributed by atoms with Gasteiger partial charge in [-0.3, -0.25) is 0 Å². The minimum atomic E-state index is -0.903. The monoisotopic (exact) mass is 259 g/mol. The van der Waals surface area contributed by atoms with Gasteiger partial charge in [0.25, 0.3) is 0 Å². The van der Waals surface area contributed by atoms with Gasteiger partial charge >= 0.3 is 6.09 Å². The lowest BCUT2D eigenvalue weighted by molar-refractivity contribution is 0.0959. The Morgan fingerprint density at radius 1 is 1.37 bits per heavy atom. The summed E-state index contributed by atoms with van der Waals surface area (Å²) in [7, 11) is 0. The first kappa shape index (κ1) is 11.7. The quantitative estimate of drug-likeness (QED) is 0.908. The Kier molecular flexibility index (Phi) is 2.91. The van der Waals surface area contributed by atoms with Gasteiger partial charge in [0.2, 0.25) is 5.89 Å². The molecule has 0 atom stereocenters. The lowest BCUT2D eigenvalue weighted by Gasteiger charge is -2.34. The van der Waals surface area contributed by atoms with Crippen molar-refractivity contribution < 1.29 is 14.4 Å². The molecule has 1 aromatic carbocycles. The van der Waals surface area contributed by atoms with E-state index in [1.807, 2.05) is 30.3 Å². The molecule has 1 saturated heterocycles. The maximum atomic E-state index is 10.7. The van der Waals surface area contributed by atoms with Crippen LogP contribution in [-0.2, 0) is 6.42 Å². The van der Waals surface area contributed by atoms with E-state index >= 15 is 0 Å². The molecule has 1 aromatic heterocycles. The molecule has 0 saturated carbocycles. The van der Waals surface area contributed by atoms with E-state index in [2.05, 4.69) is 10.1 Å². The molecule has 19 heavy (non-hydrogen) atoms. The Hall–Kier alpha value is -2.37. The number of aromatic nitrogens is 2. The first-order valence-electron chi connectivity index (χ1n) is 6.06. The molecule has 1 amide bonds. The molecular formula is C13H13N3O3. The van der Waals surface area contributed by atoms with E-state index in [4.69, 9.17) is 9.63 Å². The summed E-state index contributed by atoms with van der Waals surface area (Å²) in [6.07, 6.45) is -0.278. The molecule has 0 spiro atoms. The van der Waals surface area contributed by atoms with Crippen LogP contribution in [0.1, 0.15) is 23.2 Å². The highest BCUT2D eigenvalue weighted by Gasteiger charge is 2.35. The van der Waals surface area contributed by atoms with Gasteiger partial charge < -0.3 is 14.5 Å². The zero-order valence-corrected chi connectivity index (χ0v) is 10.2. The summed E-state index contributed by atoms with van der Waals surface area (Å²) in [4.78, 5) is 16.3. The molecular weight excluding hydrogens is 246 g/mol. The van der Waals surface area contributed by atoms with Crippen LogP contribution in [0.15, 0.2) is 34.9 Å². The molecule has 6 nitrogen and oxygen atoms in total. The van der Waals surface area contributed by atoms with E-state index in [1.165, 1.54) is 4.90 Å². The zero-order valence-electron chi connectivity index (χ0n) is 10.2. The molecule has 2 heterocycles. The van der Waals surface area contributed by atoms with Crippen molar-refractivity contribution in [1.29, 1.82) is 0 Å². The van der Waals surface area contributed by atoms with Crippen molar-refractivity contribution in [3.8, 4) is 0 Å². The third-order valence-corrected chi connectivity index (χ3v) is 3.19. The first-order chi connectivity index (χ1) is 9.22. The number of hydrogen-bond donors (Lipinski definition) is 1. The Balaban J connectivity index is 1.63. The number of benzene rings is 1. The molecule has 0 radical (unpaired) electrons. The van der Waals surface area contributed by atoms with Crippen LogP contribution < -0.4 is 0 Å². The van der Waals surface area contributed by atoms with Gasteiger partial charge in [-0.2, -0.15) is 4.98 Å². The number of nitrogens with zero attached hydrogens (tertiary/aromatic N) is 3. The third kappa shape index (κ3) is 2.42. The Labute approximate surface area is 109 Å². The van der Waals surface area contributed by atoms with Crippen LogP contribution in [0, 0.1) is 0 Å². The smallest absolute Gasteiger partial charge is 0.407 e. The van der Waals surface area contributed by atoms with Gasteiger partial charge in [0.1, 0.15) is 0 Å². The maximum absolute atomic E-state index is 10.7. The molecule has 6 heteroatoms. The lowest BCUT2D eigenvalue weighted by atomic mass is 10.0. The zero-order chi connectivity index (χ0) is 13.2. The summed E-state index contributed by atoms with van der Waals surface area (Å²) in [6, 6.07) is 9.90. The largest absolute Gasteiger partial charge is 0.465 e. The van der Waals surface area contributed by atoms with E-state index in [0.717, 1.165) is 5.56 Å². The van der Waals surface area contributed by atoms with Crippen LogP contribution in [0.25, 0.3) is 0 Å². The number of carbonyl (C=O) groups is 1. The van der Waals surface area contributed by atoms with E-state index in [1.54, 1.807) is 0 Å². The van der Waals surface area contributed by atoms with Crippen molar-refractivity contribution in [3.63, 3.8) is 0 Å². The topological polar surface area (TPSA) is 79.5 Å². The number of hydrogen-bond acceptors (Lipinski definition) is 4. The van der Waals surface area contributed by atoms with E-state index < -0.39 is 6.09 Å². The van der Waals surface area contributed by atoms with Crippen molar-refractivity contribution in [2.75, 3.05) is 13.1 Å². The van der Waals surface area contributed by atoms with Gasteiger partial charge in [-0.25, -0.2) is 4.79 Å². The van der Waals surface area contributed by atoms with Crippen molar-refractivity contribution >= 4 is 6.09 Å². The second-order valence-corrected chi connectivity index (χ2v) is 4.60. The predicted molar refractivity (Wildman–Crippen MR) is 65.9 cm³/mol. The second-order valence-electron chi connectivity index (χ2n) is 4.60. The van der Waals surface area contributed by atoms with Crippen molar-refractivity contribution in [1.82, 2.24) is 15.0 Å². The van der Waals surface area contributed by atoms with Crippen molar-refractivity contribution in [2.24, 2.45) is 0 Å². The van der Waals surface area contributed by atoms with E-state index in [-0.39, 0.29) is 5.92 Å². The number of likely N-dealkylation sites (tertiary alicyclic amines) is 1. The molecule has 1 aliphatic heterocycles. The van der Waals surface area contributed by atoms with E-state index in [0.29, 0.717) is 31.2 Å². The fraction of sp³-hybridized carbons (Fsp3) is 0.308. The minimum Gasteiger partial charge on any atom is -0.465 e. The lowest BCUT2D eigenvalue weighted by Crippen LogP contribution is -2.47.